The number of anilines is 1. The molecule has 5 nitrogen and oxygen atoms in total. The Hall–Kier alpha value is -3.55. The number of ether oxygens (including phenoxy) is 2. The monoisotopic (exact) mass is 485 g/mol. The van der Waals surface area contributed by atoms with Crippen LogP contribution in [-0.2, 0) is 28.9 Å². The number of amides is 1. The number of hydrogen-bond donors (Lipinski definition) is 0. The van der Waals surface area contributed by atoms with Crippen LogP contribution >= 0.6 is 0 Å². The molecule has 1 aliphatic rings. The van der Waals surface area contributed by atoms with Gasteiger partial charge in [-0.3, -0.25) is 9.59 Å². The summed E-state index contributed by atoms with van der Waals surface area (Å²) in [6, 6.07) is 11.5. The number of hydrogen-bond acceptors (Lipinski definition) is 4. The molecule has 0 unspecified atom stereocenters. The molecular weight excluding hydrogens is 459 g/mol. The van der Waals surface area contributed by atoms with Crippen molar-refractivity contribution >= 4 is 28.3 Å². The number of carbonyl (C=O) groups excluding carboxylic acids is 2. The predicted molar refractivity (Wildman–Crippen MR) is 127 cm³/mol. The van der Waals surface area contributed by atoms with Crippen molar-refractivity contribution in [2.45, 2.75) is 46.1 Å². The van der Waals surface area contributed by atoms with Crippen molar-refractivity contribution in [2.24, 2.45) is 0 Å². The van der Waals surface area contributed by atoms with E-state index in [1.807, 2.05) is 19.1 Å². The Labute approximate surface area is 201 Å². The number of carbonyl (C=O) groups is 2. The molecule has 8 heteroatoms. The van der Waals surface area contributed by atoms with Crippen LogP contribution in [0.25, 0.3) is 10.8 Å². The standard InChI is InChI=1S/C27H26F3NO4/c1-3-7-17-18-8-5-6-9-19(18)26(35-15-23(29)30)25-20(17)14-31(27(25)33)22-11-10-16(12-21(22)28)13-24(32)34-4-2/h5-6,8-12,23H,3-4,7,13-15H2,1-2H3. The fourth-order valence-corrected chi connectivity index (χ4v) is 4.58. The number of fused-ring (bicyclic) bond motifs is 2. The molecule has 0 aliphatic carbocycles. The summed E-state index contributed by atoms with van der Waals surface area (Å²) in [7, 11) is 0. The molecule has 35 heavy (non-hydrogen) atoms. The average molecular weight is 486 g/mol. The second-order valence-corrected chi connectivity index (χ2v) is 8.32. The summed E-state index contributed by atoms with van der Waals surface area (Å²) < 4.78 is 51.6. The molecule has 0 radical (unpaired) electrons. The summed E-state index contributed by atoms with van der Waals surface area (Å²) in [6.45, 7) is 3.16. The molecule has 1 amide bonds. The highest BCUT2D eigenvalue weighted by molar-refractivity contribution is 6.16. The average Bonchev–Trinajstić information content (AvgIpc) is 3.15. The van der Waals surface area contributed by atoms with Crippen LogP contribution in [0.2, 0.25) is 0 Å². The summed E-state index contributed by atoms with van der Waals surface area (Å²) in [5, 5.41) is 1.41. The molecule has 184 valence electrons. The Morgan fingerprint density at radius 2 is 1.86 bits per heavy atom. The van der Waals surface area contributed by atoms with Gasteiger partial charge in [-0.1, -0.05) is 43.7 Å². The predicted octanol–water partition coefficient (Wildman–Crippen LogP) is 5.84. The van der Waals surface area contributed by atoms with E-state index in [1.165, 1.54) is 17.0 Å². The maximum atomic E-state index is 15.1. The molecular formula is C27H26F3NO4. The Bertz CT molecular complexity index is 1280. The number of rotatable bonds is 9. The van der Waals surface area contributed by atoms with E-state index < -0.39 is 30.7 Å². The van der Waals surface area contributed by atoms with Gasteiger partial charge in [-0.25, -0.2) is 13.2 Å². The Kier molecular flexibility index (Phi) is 7.28. The van der Waals surface area contributed by atoms with Crippen LogP contribution in [0.3, 0.4) is 0 Å². The van der Waals surface area contributed by atoms with E-state index >= 15 is 4.39 Å². The maximum absolute atomic E-state index is 15.1. The molecule has 0 fully saturated rings. The molecule has 3 aromatic carbocycles. The number of alkyl halides is 2. The number of benzene rings is 3. The lowest BCUT2D eigenvalue weighted by molar-refractivity contribution is -0.142. The van der Waals surface area contributed by atoms with Crippen molar-refractivity contribution in [1.29, 1.82) is 0 Å². The van der Waals surface area contributed by atoms with E-state index in [9.17, 15) is 18.4 Å². The van der Waals surface area contributed by atoms with E-state index in [0.717, 1.165) is 17.4 Å². The first kappa shape index (κ1) is 24.6. The van der Waals surface area contributed by atoms with Crippen molar-refractivity contribution in [3.05, 3.63) is 70.5 Å². The largest absolute Gasteiger partial charge is 0.486 e. The van der Waals surface area contributed by atoms with E-state index in [-0.39, 0.29) is 36.6 Å². The quantitative estimate of drug-likeness (QED) is 0.357. The van der Waals surface area contributed by atoms with Gasteiger partial charge in [-0.15, -0.1) is 0 Å². The van der Waals surface area contributed by atoms with Crippen LogP contribution in [0.5, 0.6) is 5.75 Å². The Morgan fingerprint density at radius 3 is 2.51 bits per heavy atom. The highest BCUT2D eigenvalue weighted by Gasteiger charge is 2.37. The molecule has 0 saturated heterocycles. The lowest BCUT2D eigenvalue weighted by Crippen LogP contribution is -2.24. The van der Waals surface area contributed by atoms with Gasteiger partial charge < -0.3 is 14.4 Å². The Balaban J connectivity index is 1.78. The molecule has 0 aromatic heterocycles. The molecule has 0 saturated carbocycles. The van der Waals surface area contributed by atoms with Gasteiger partial charge in [-0.05, 0) is 47.6 Å². The van der Waals surface area contributed by atoms with Gasteiger partial charge in [0, 0.05) is 5.39 Å². The van der Waals surface area contributed by atoms with Gasteiger partial charge in [0.15, 0.2) is 0 Å². The first-order valence-electron chi connectivity index (χ1n) is 11.6. The molecule has 0 spiro atoms. The minimum atomic E-state index is -2.71. The highest BCUT2D eigenvalue weighted by atomic mass is 19.3. The fourth-order valence-electron chi connectivity index (χ4n) is 4.58. The van der Waals surface area contributed by atoms with Gasteiger partial charge in [0.2, 0.25) is 0 Å². The molecule has 0 bridgehead atoms. The lowest BCUT2D eigenvalue weighted by atomic mass is 9.91. The summed E-state index contributed by atoms with van der Waals surface area (Å²) in [5.41, 5.74) is 2.26. The third kappa shape index (κ3) is 4.83. The third-order valence-corrected chi connectivity index (χ3v) is 5.98. The fraction of sp³-hybridized carbons (Fsp3) is 0.333. The third-order valence-electron chi connectivity index (χ3n) is 5.98. The van der Waals surface area contributed by atoms with E-state index in [0.29, 0.717) is 22.9 Å². The highest BCUT2D eigenvalue weighted by Crippen LogP contribution is 2.43. The summed E-state index contributed by atoms with van der Waals surface area (Å²) in [6.07, 6.45) is -1.33. The van der Waals surface area contributed by atoms with Crippen molar-refractivity contribution in [2.75, 3.05) is 18.1 Å². The lowest BCUT2D eigenvalue weighted by Gasteiger charge is -2.17. The number of esters is 1. The zero-order chi connectivity index (χ0) is 25.1. The van der Waals surface area contributed by atoms with E-state index in [4.69, 9.17) is 9.47 Å². The van der Waals surface area contributed by atoms with Crippen LogP contribution in [0, 0.1) is 5.82 Å². The zero-order valence-corrected chi connectivity index (χ0v) is 19.6. The summed E-state index contributed by atoms with van der Waals surface area (Å²) in [5.74, 6) is -1.54. The van der Waals surface area contributed by atoms with Gasteiger partial charge >= 0.3 is 5.97 Å². The van der Waals surface area contributed by atoms with Crippen LogP contribution < -0.4 is 9.64 Å². The SMILES string of the molecule is CCCc1c2c(c(OCC(F)F)c3ccccc13)C(=O)N(c1ccc(CC(=O)OCC)cc1F)C2. The second-order valence-electron chi connectivity index (χ2n) is 8.32. The Morgan fingerprint density at radius 1 is 1.11 bits per heavy atom. The maximum Gasteiger partial charge on any atom is 0.310 e. The van der Waals surface area contributed by atoms with E-state index in [2.05, 4.69) is 0 Å². The van der Waals surface area contributed by atoms with Crippen LogP contribution in [0.1, 0.15) is 47.3 Å². The molecule has 1 aliphatic heterocycles. The molecule has 0 atom stereocenters. The normalized spacial score (nSPS) is 13.0. The van der Waals surface area contributed by atoms with Crippen molar-refractivity contribution in [3.8, 4) is 5.75 Å². The summed E-state index contributed by atoms with van der Waals surface area (Å²) in [4.78, 5) is 26.6. The van der Waals surface area contributed by atoms with Gasteiger partial charge in [0.05, 0.1) is 30.8 Å². The number of aryl methyl sites for hydroxylation is 1. The zero-order valence-electron chi connectivity index (χ0n) is 19.6. The van der Waals surface area contributed by atoms with E-state index in [1.54, 1.807) is 25.1 Å². The van der Waals surface area contributed by atoms with Crippen LogP contribution in [0.4, 0.5) is 18.9 Å². The van der Waals surface area contributed by atoms with Gasteiger partial charge in [0.1, 0.15) is 18.2 Å². The van der Waals surface area contributed by atoms with Gasteiger partial charge in [-0.2, -0.15) is 0 Å². The van der Waals surface area contributed by atoms with Crippen molar-refractivity contribution in [1.82, 2.24) is 0 Å². The topological polar surface area (TPSA) is 55.8 Å². The molecule has 0 N–H and O–H groups in total. The molecule has 4 rings (SSSR count). The smallest absolute Gasteiger partial charge is 0.310 e. The first-order chi connectivity index (χ1) is 16.8. The van der Waals surface area contributed by atoms with Crippen molar-refractivity contribution < 1.29 is 32.2 Å². The first-order valence-corrected chi connectivity index (χ1v) is 11.6. The number of nitrogens with zero attached hydrogens (tertiary/aromatic N) is 1. The molecule has 3 aromatic rings. The van der Waals surface area contributed by atoms with Crippen LogP contribution in [0.15, 0.2) is 42.5 Å². The minimum absolute atomic E-state index is 0.0464. The minimum Gasteiger partial charge on any atom is -0.486 e. The van der Waals surface area contributed by atoms with Crippen molar-refractivity contribution in [3.63, 3.8) is 0 Å². The number of halogens is 3. The second kappa shape index (κ2) is 10.4. The van der Waals surface area contributed by atoms with Crippen LogP contribution in [-0.4, -0.2) is 31.5 Å². The molecule has 1 heterocycles. The summed E-state index contributed by atoms with van der Waals surface area (Å²) >= 11 is 0. The van der Waals surface area contributed by atoms with Gasteiger partial charge in [0.25, 0.3) is 12.3 Å².